The summed E-state index contributed by atoms with van der Waals surface area (Å²) in [6, 6.07) is 5.69. The minimum absolute atomic E-state index is 0.572. The van der Waals surface area contributed by atoms with E-state index in [9.17, 15) is 0 Å². The molecule has 0 radical (unpaired) electrons. The molecule has 1 saturated heterocycles. The Morgan fingerprint density at radius 2 is 2.11 bits per heavy atom. The predicted octanol–water partition coefficient (Wildman–Crippen LogP) is 2.18. The Labute approximate surface area is 117 Å². The van der Waals surface area contributed by atoms with E-state index in [0.717, 1.165) is 37.6 Å². The molecule has 0 bridgehead atoms. The summed E-state index contributed by atoms with van der Waals surface area (Å²) in [5, 5.41) is 6.46. The lowest BCUT2D eigenvalue weighted by Gasteiger charge is -2.28. The van der Waals surface area contributed by atoms with Gasteiger partial charge in [0, 0.05) is 23.8 Å². The Bertz CT molecular complexity index is 435. The molecule has 0 spiro atoms. The third kappa shape index (κ3) is 3.81. The molecule has 1 aromatic carbocycles. The van der Waals surface area contributed by atoms with Crippen molar-refractivity contribution in [2.24, 2.45) is 0 Å². The van der Waals surface area contributed by atoms with Crippen LogP contribution in [0.5, 0.6) is 0 Å². The first-order valence-electron chi connectivity index (χ1n) is 5.81. The Morgan fingerprint density at radius 1 is 1.39 bits per heavy atom. The van der Waals surface area contributed by atoms with Crippen LogP contribution in [0.25, 0.3) is 0 Å². The number of aryl methyl sites for hydroxylation is 1. The van der Waals surface area contributed by atoms with Gasteiger partial charge in [0.25, 0.3) is 0 Å². The van der Waals surface area contributed by atoms with E-state index >= 15 is 0 Å². The fraction of sp³-hybridized carbons (Fsp3) is 0.417. The predicted molar refractivity (Wildman–Crippen MR) is 77.9 cm³/mol. The number of nitrogens with zero attached hydrogens (tertiary/aromatic N) is 1. The van der Waals surface area contributed by atoms with E-state index in [2.05, 4.69) is 10.7 Å². The lowest BCUT2D eigenvalue weighted by Crippen LogP contribution is -2.49. The summed E-state index contributed by atoms with van der Waals surface area (Å²) in [7, 11) is 0. The van der Waals surface area contributed by atoms with Crippen molar-refractivity contribution in [3.05, 3.63) is 28.8 Å². The average Bonchev–Trinajstić information content (AvgIpc) is 2.35. The lowest BCUT2D eigenvalue weighted by molar-refractivity contribution is 0.0252. The van der Waals surface area contributed by atoms with Gasteiger partial charge < -0.3 is 10.1 Å². The zero-order chi connectivity index (χ0) is 13.0. The number of rotatable bonds is 2. The molecule has 1 aliphatic rings. The van der Waals surface area contributed by atoms with Crippen molar-refractivity contribution in [2.75, 3.05) is 31.6 Å². The summed E-state index contributed by atoms with van der Waals surface area (Å²) in [5.74, 6) is 0. The first kappa shape index (κ1) is 13.5. The summed E-state index contributed by atoms with van der Waals surface area (Å²) >= 11 is 11.2. The fourth-order valence-corrected chi connectivity index (χ4v) is 2.11. The first-order valence-corrected chi connectivity index (χ1v) is 6.60. The summed E-state index contributed by atoms with van der Waals surface area (Å²) in [6.45, 7) is 5.13. The minimum atomic E-state index is 0.572. The van der Waals surface area contributed by atoms with Gasteiger partial charge in [0.15, 0.2) is 5.11 Å². The van der Waals surface area contributed by atoms with Gasteiger partial charge in [-0.3, -0.25) is 5.43 Å². The molecule has 98 valence electrons. The molecule has 0 unspecified atom stereocenters. The topological polar surface area (TPSA) is 36.5 Å². The number of hydrogen-bond acceptors (Lipinski definition) is 3. The molecule has 0 saturated carbocycles. The normalized spacial score (nSPS) is 16.3. The van der Waals surface area contributed by atoms with Gasteiger partial charge in [-0.1, -0.05) is 17.7 Å². The molecule has 1 fully saturated rings. The molecule has 2 N–H and O–H groups in total. The molecule has 2 rings (SSSR count). The third-order valence-corrected chi connectivity index (χ3v) is 3.15. The first-order chi connectivity index (χ1) is 8.65. The number of hydrogen-bond donors (Lipinski definition) is 2. The van der Waals surface area contributed by atoms with Crippen LogP contribution in [0.2, 0.25) is 5.02 Å². The van der Waals surface area contributed by atoms with Crippen molar-refractivity contribution in [1.29, 1.82) is 0 Å². The third-order valence-electron chi connectivity index (χ3n) is 2.72. The molecule has 6 heteroatoms. The SMILES string of the molecule is Cc1ccc(Cl)cc1NC(=S)NN1CCOCC1. The van der Waals surface area contributed by atoms with Crippen LogP contribution in [-0.4, -0.2) is 36.4 Å². The van der Waals surface area contributed by atoms with Crippen LogP contribution >= 0.6 is 23.8 Å². The van der Waals surface area contributed by atoms with Gasteiger partial charge in [0.2, 0.25) is 0 Å². The highest BCUT2D eigenvalue weighted by atomic mass is 35.5. The molecular weight excluding hydrogens is 270 g/mol. The van der Waals surface area contributed by atoms with Crippen molar-refractivity contribution in [1.82, 2.24) is 10.4 Å². The zero-order valence-electron chi connectivity index (χ0n) is 10.2. The summed E-state index contributed by atoms with van der Waals surface area (Å²) in [6.07, 6.45) is 0. The number of benzene rings is 1. The highest BCUT2D eigenvalue weighted by Gasteiger charge is 2.11. The second-order valence-corrected chi connectivity index (χ2v) is 4.97. The maximum Gasteiger partial charge on any atom is 0.185 e. The summed E-state index contributed by atoms with van der Waals surface area (Å²) < 4.78 is 5.27. The number of thiocarbonyl (C=S) groups is 1. The lowest BCUT2D eigenvalue weighted by atomic mass is 10.2. The van der Waals surface area contributed by atoms with Gasteiger partial charge in [-0.05, 0) is 36.8 Å². The van der Waals surface area contributed by atoms with Crippen molar-refractivity contribution in [3.8, 4) is 0 Å². The van der Waals surface area contributed by atoms with Gasteiger partial charge in [-0.2, -0.15) is 0 Å². The Hall–Kier alpha value is -0.880. The Kier molecular flexibility index (Phi) is 4.77. The highest BCUT2D eigenvalue weighted by Crippen LogP contribution is 2.19. The number of hydrazine groups is 1. The maximum atomic E-state index is 5.96. The molecule has 0 aliphatic carbocycles. The van der Waals surface area contributed by atoms with E-state index in [1.807, 2.05) is 30.1 Å². The molecule has 1 heterocycles. The van der Waals surface area contributed by atoms with Gasteiger partial charge in [-0.15, -0.1) is 0 Å². The molecule has 0 atom stereocenters. The molecule has 4 nitrogen and oxygen atoms in total. The van der Waals surface area contributed by atoms with Crippen LogP contribution in [-0.2, 0) is 4.74 Å². The molecule has 0 amide bonds. The van der Waals surface area contributed by atoms with Gasteiger partial charge in [-0.25, -0.2) is 5.01 Å². The second-order valence-electron chi connectivity index (χ2n) is 4.12. The van der Waals surface area contributed by atoms with Crippen LogP contribution in [0.4, 0.5) is 5.69 Å². The molecule has 1 aliphatic heterocycles. The largest absolute Gasteiger partial charge is 0.379 e. The van der Waals surface area contributed by atoms with Crippen LogP contribution < -0.4 is 10.7 Å². The van der Waals surface area contributed by atoms with Crippen molar-refractivity contribution in [2.45, 2.75) is 6.92 Å². The van der Waals surface area contributed by atoms with Crippen LogP contribution in [0.15, 0.2) is 18.2 Å². The Balaban J connectivity index is 1.92. The molecular formula is C12H16ClN3OS. The van der Waals surface area contributed by atoms with E-state index in [1.165, 1.54) is 0 Å². The molecule has 18 heavy (non-hydrogen) atoms. The van der Waals surface area contributed by atoms with Crippen LogP contribution in [0, 0.1) is 6.92 Å². The van der Waals surface area contributed by atoms with Crippen LogP contribution in [0.1, 0.15) is 5.56 Å². The number of halogens is 1. The van der Waals surface area contributed by atoms with Crippen molar-refractivity contribution < 1.29 is 4.74 Å². The van der Waals surface area contributed by atoms with Crippen LogP contribution in [0.3, 0.4) is 0 Å². The molecule has 1 aromatic rings. The van der Waals surface area contributed by atoms with Gasteiger partial charge >= 0.3 is 0 Å². The van der Waals surface area contributed by atoms with E-state index in [-0.39, 0.29) is 0 Å². The van der Waals surface area contributed by atoms with Gasteiger partial charge in [0.05, 0.1) is 13.2 Å². The number of anilines is 1. The van der Waals surface area contributed by atoms with Gasteiger partial charge in [0.1, 0.15) is 0 Å². The van der Waals surface area contributed by atoms with Crippen molar-refractivity contribution >= 4 is 34.6 Å². The summed E-state index contributed by atoms with van der Waals surface area (Å²) in [5.41, 5.74) is 5.17. The van der Waals surface area contributed by atoms with Crippen molar-refractivity contribution in [3.63, 3.8) is 0 Å². The monoisotopic (exact) mass is 285 g/mol. The highest BCUT2D eigenvalue weighted by molar-refractivity contribution is 7.80. The zero-order valence-corrected chi connectivity index (χ0v) is 11.8. The fourth-order valence-electron chi connectivity index (χ4n) is 1.70. The Morgan fingerprint density at radius 3 is 2.83 bits per heavy atom. The number of morpholine rings is 1. The standard InChI is InChI=1S/C12H16ClN3OS/c1-9-2-3-10(13)8-11(9)14-12(18)15-16-4-6-17-7-5-16/h2-3,8H,4-7H2,1H3,(H2,14,15,18). The second kappa shape index (κ2) is 6.33. The number of nitrogens with one attached hydrogen (secondary N) is 2. The van der Waals surface area contributed by atoms with E-state index in [1.54, 1.807) is 0 Å². The number of ether oxygens (including phenoxy) is 1. The van der Waals surface area contributed by atoms with E-state index in [0.29, 0.717) is 10.1 Å². The maximum absolute atomic E-state index is 5.96. The van der Waals surface area contributed by atoms with E-state index in [4.69, 9.17) is 28.6 Å². The quantitative estimate of drug-likeness (QED) is 0.815. The summed E-state index contributed by atoms with van der Waals surface area (Å²) in [4.78, 5) is 0. The van der Waals surface area contributed by atoms with E-state index < -0.39 is 0 Å². The minimum Gasteiger partial charge on any atom is -0.379 e. The molecule has 0 aromatic heterocycles. The average molecular weight is 286 g/mol. The smallest absolute Gasteiger partial charge is 0.185 e.